The molecule has 5 heteroatoms. The van der Waals surface area contributed by atoms with Crippen LogP contribution in [0.25, 0.3) is 0 Å². The van der Waals surface area contributed by atoms with Crippen molar-refractivity contribution in [1.82, 2.24) is 10.2 Å². The van der Waals surface area contributed by atoms with Gasteiger partial charge in [-0.15, -0.1) is 0 Å². The molecule has 1 rings (SSSR count). The lowest BCUT2D eigenvalue weighted by Crippen LogP contribution is -2.40. The Bertz CT molecular complexity index is 299. The normalized spacial score (nSPS) is 22.8. The van der Waals surface area contributed by atoms with E-state index in [0.717, 1.165) is 12.5 Å². The van der Waals surface area contributed by atoms with Crippen LogP contribution in [-0.4, -0.2) is 42.1 Å². The molecule has 1 aliphatic rings. The van der Waals surface area contributed by atoms with E-state index in [9.17, 15) is 9.59 Å². The zero-order chi connectivity index (χ0) is 14.3. The maximum Gasteiger partial charge on any atom is 0.317 e. The molecule has 0 aromatic rings. The molecular formula is C14H26N2O3. The fourth-order valence-electron chi connectivity index (χ4n) is 2.47. The molecule has 0 bridgehead atoms. The number of hydrogen-bond acceptors (Lipinski definition) is 2. The van der Waals surface area contributed by atoms with Gasteiger partial charge in [0.15, 0.2) is 0 Å². The van der Waals surface area contributed by atoms with Crippen molar-refractivity contribution in [3.63, 3.8) is 0 Å². The molecule has 5 nitrogen and oxygen atoms in total. The molecule has 0 spiro atoms. The van der Waals surface area contributed by atoms with Gasteiger partial charge in [0.1, 0.15) is 0 Å². The molecule has 110 valence electrons. The minimum absolute atomic E-state index is 0.0935. The van der Waals surface area contributed by atoms with Gasteiger partial charge in [-0.1, -0.05) is 19.8 Å². The van der Waals surface area contributed by atoms with Crippen LogP contribution in [0.4, 0.5) is 4.79 Å². The summed E-state index contributed by atoms with van der Waals surface area (Å²) in [5.41, 5.74) is 0. The molecule has 0 aromatic carbocycles. The maximum atomic E-state index is 11.8. The number of carboxylic acids is 1. The number of carbonyl (C=O) groups excluding carboxylic acids is 1. The van der Waals surface area contributed by atoms with E-state index in [-0.39, 0.29) is 12.5 Å². The lowest BCUT2D eigenvalue weighted by Gasteiger charge is -2.27. The summed E-state index contributed by atoms with van der Waals surface area (Å²) in [5, 5.41) is 11.5. The summed E-state index contributed by atoms with van der Waals surface area (Å²) in [6, 6.07) is -0.0935. The van der Waals surface area contributed by atoms with Crippen LogP contribution in [0, 0.1) is 11.8 Å². The predicted molar refractivity (Wildman–Crippen MR) is 74.0 cm³/mol. The number of nitrogens with zero attached hydrogens (tertiary/aromatic N) is 1. The Morgan fingerprint density at radius 1 is 1.26 bits per heavy atom. The lowest BCUT2D eigenvalue weighted by molar-refractivity contribution is -0.137. The number of aliphatic carboxylic acids is 1. The van der Waals surface area contributed by atoms with E-state index in [1.165, 1.54) is 25.7 Å². The molecule has 0 aliphatic heterocycles. The minimum atomic E-state index is -0.815. The number of hydrogen-bond donors (Lipinski definition) is 2. The fourth-order valence-corrected chi connectivity index (χ4v) is 2.47. The smallest absolute Gasteiger partial charge is 0.317 e. The van der Waals surface area contributed by atoms with Crippen LogP contribution in [0.2, 0.25) is 0 Å². The van der Waals surface area contributed by atoms with E-state index in [4.69, 9.17) is 5.11 Å². The number of carboxylic acid groups (broad SMARTS) is 1. The third kappa shape index (κ3) is 6.45. The van der Waals surface area contributed by atoms with E-state index >= 15 is 0 Å². The summed E-state index contributed by atoms with van der Waals surface area (Å²) >= 11 is 0. The number of urea groups is 1. The van der Waals surface area contributed by atoms with E-state index in [1.54, 1.807) is 11.9 Å². The molecule has 1 aliphatic carbocycles. The number of carbonyl (C=O) groups is 2. The largest absolute Gasteiger partial charge is 0.481 e. The molecule has 1 fully saturated rings. The Morgan fingerprint density at radius 3 is 2.47 bits per heavy atom. The summed E-state index contributed by atoms with van der Waals surface area (Å²) in [6.07, 6.45) is 5.52. The third-order valence-electron chi connectivity index (χ3n) is 3.91. The lowest BCUT2D eigenvalue weighted by atomic mass is 9.83. The first kappa shape index (κ1) is 15.8. The van der Waals surface area contributed by atoms with Crippen LogP contribution in [0.3, 0.4) is 0 Å². The second-order valence-electron chi connectivity index (χ2n) is 5.73. The second-order valence-corrected chi connectivity index (χ2v) is 5.73. The summed E-state index contributed by atoms with van der Waals surface area (Å²) < 4.78 is 0. The molecule has 0 unspecified atom stereocenters. The average molecular weight is 270 g/mol. The Kier molecular flexibility index (Phi) is 6.67. The number of rotatable bonds is 6. The zero-order valence-corrected chi connectivity index (χ0v) is 12.0. The van der Waals surface area contributed by atoms with Gasteiger partial charge in [-0.2, -0.15) is 0 Å². The molecule has 0 atom stereocenters. The molecule has 19 heavy (non-hydrogen) atoms. The van der Waals surface area contributed by atoms with Crippen molar-refractivity contribution in [3.8, 4) is 0 Å². The minimum Gasteiger partial charge on any atom is -0.481 e. The first-order valence-corrected chi connectivity index (χ1v) is 7.19. The molecule has 1 saturated carbocycles. The zero-order valence-electron chi connectivity index (χ0n) is 12.0. The van der Waals surface area contributed by atoms with Gasteiger partial charge >= 0.3 is 12.0 Å². The average Bonchev–Trinajstić information content (AvgIpc) is 2.37. The van der Waals surface area contributed by atoms with Gasteiger partial charge in [-0.25, -0.2) is 4.79 Å². The first-order chi connectivity index (χ1) is 8.99. The summed E-state index contributed by atoms with van der Waals surface area (Å²) in [5.74, 6) is 0.614. The highest BCUT2D eigenvalue weighted by Gasteiger charge is 2.19. The van der Waals surface area contributed by atoms with Gasteiger partial charge in [-0.05, 0) is 31.1 Å². The van der Waals surface area contributed by atoms with Crippen molar-refractivity contribution in [1.29, 1.82) is 0 Å². The molecular weight excluding hydrogens is 244 g/mol. The molecule has 0 aromatic heterocycles. The van der Waals surface area contributed by atoms with Crippen LogP contribution in [0.5, 0.6) is 0 Å². The molecule has 0 saturated heterocycles. The van der Waals surface area contributed by atoms with Crippen LogP contribution in [0.15, 0.2) is 0 Å². The topological polar surface area (TPSA) is 69.6 Å². The van der Waals surface area contributed by atoms with Crippen molar-refractivity contribution in [3.05, 3.63) is 0 Å². The fraction of sp³-hybridized carbons (Fsp3) is 0.857. The summed E-state index contributed by atoms with van der Waals surface area (Å²) in [7, 11) is 1.71. The van der Waals surface area contributed by atoms with E-state index in [1.807, 2.05) is 0 Å². The Balaban J connectivity index is 2.14. The van der Waals surface area contributed by atoms with E-state index in [2.05, 4.69) is 12.2 Å². The number of amides is 2. The van der Waals surface area contributed by atoms with Gasteiger partial charge in [-0.3, -0.25) is 4.79 Å². The number of nitrogens with one attached hydrogen (secondary N) is 1. The van der Waals surface area contributed by atoms with Crippen molar-refractivity contribution in [2.75, 3.05) is 20.1 Å². The van der Waals surface area contributed by atoms with Crippen LogP contribution in [-0.2, 0) is 4.79 Å². The predicted octanol–water partition coefficient (Wildman–Crippen LogP) is 2.32. The van der Waals surface area contributed by atoms with Crippen molar-refractivity contribution in [2.45, 2.75) is 45.4 Å². The van der Waals surface area contributed by atoms with Crippen LogP contribution < -0.4 is 5.32 Å². The maximum absolute atomic E-state index is 11.8. The quantitative estimate of drug-likeness (QED) is 0.778. The van der Waals surface area contributed by atoms with Gasteiger partial charge in [0.2, 0.25) is 0 Å². The van der Waals surface area contributed by atoms with E-state index < -0.39 is 5.97 Å². The van der Waals surface area contributed by atoms with E-state index in [0.29, 0.717) is 18.9 Å². The third-order valence-corrected chi connectivity index (χ3v) is 3.91. The summed E-state index contributed by atoms with van der Waals surface area (Å²) in [4.78, 5) is 23.7. The van der Waals surface area contributed by atoms with Crippen molar-refractivity contribution in [2.24, 2.45) is 11.8 Å². The highest BCUT2D eigenvalue weighted by molar-refractivity contribution is 5.73. The second kappa shape index (κ2) is 8.02. The first-order valence-electron chi connectivity index (χ1n) is 7.19. The van der Waals surface area contributed by atoms with Crippen LogP contribution in [0.1, 0.15) is 45.4 Å². The monoisotopic (exact) mass is 270 g/mol. The molecule has 2 N–H and O–H groups in total. The SMILES string of the molecule is CC1CCC(CNC(=O)N(C)CCCC(=O)O)CC1. The van der Waals surface area contributed by atoms with Gasteiger partial charge in [0.25, 0.3) is 0 Å². The Hall–Kier alpha value is -1.26. The highest BCUT2D eigenvalue weighted by Crippen LogP contribution is 2.27. The van der Waals surface area contributed by atoms with Gasteiger partial charge in [0, 0.05) is 26.6 Å². The molecule has 0 heterocycles. The van der Waals surface area contributed by atoms with Gasteiger partial charge < -0.3 is 15.3 Å². The van der Waals surface area contributed by atoms with Crippen molar-refractivity contribution >= 4 is 12.0 Å². The Morgan fingerprint density at radius 2 is 1.89 bits per heavy atom. The van der Waals surface area contributed by atoms with Crippen LogP contribution >= 0.6 is 0 Å². The molecule has 0 radical (unpaired) electrons. The standard InChI is InChI=1S/C14H26N2O3/c1-11-5-7-12(8-6-11)10-15-14(19)16(2)9-3-4-13(17)18/h11-12H,3-10H2,1-2H3,(H,15,19)(H,17,18). The molecule has 2 amide bonds. The summed E-state index contributed by atoms with van der Waals surface area (Å²) in [6.45, 7) is 3.51. The van der Waals surface area contributed by atoms with Crippen molar-refractivity contribution < 1.29 is 14.7 Å². The Labute approximate surface area is 115 Å². The highest BCUT2D eigenvalue weighted by atomic mass is 16.4. The van der Waals surface area contributed by atoms with Gasteiger partial charge in [0.05, 0.1) is 0 Å².